The molecule has 0 aliphatic carbocycles. The van der Waals surface area contributed by atoms with Gasteiger partial charge < -0.3 is 20.4 Å². The molecule has 3 N–H and O–H groups in total. The van der Waals surface area contributed by atoms with E-state index in [1.165, 1.54) is 0 Å². The molecule has 65 heavy (non-hydrogen) atoms. The van der Waals surface area contributed by atoms with Gasteiger partial charge in [-0.3, -0.25) is 38.8 Å². The summed E-state index contributed by atoms with van der Waals surface area (Å²) in [6.45, 7) is 11.3. The molecule has 3 amide bonds. The van der Waals surface area contributed by atoms with Crippen LogP contribution in [0.25, 0.3) is 22.1 Å². The molecule has 4 aromatic carbocycles. The molecule has 13 nitrogen and oxygen atoms in total. The van der Waals surface area contributed by atoms with Gasteiger partial charge >= 0.3 is 0 Å². The molecule has 14 heteroatoms. The topological polar surface area (TPSA) is 143 Å². The van der Waals surface area contributed by atoms with E-state index in [2.05, 4.69) is 35.6 Å². The van der Waals surface area contributed by atoms with Gasteiger partial charge in [0, 0.05) is 108 Å². The van der Waals surface area contributed by atoms with Crippen LogP contribution >= 0.6 is 0 Å². The number of amides is 3. The van der Waals surface area contributed by atoms with Crippen molar-refractivity contribution in [3.8, 4) is 0 Å². The number of aromatic nitrogens is 1. The van der Waals surface area contributed by atoms with E-state index in [-0.39, 0.29) is 116 Å². The second-order valence-electron chi connectivity index (χ2n) is 16.8. The molecule has 1 fully saturated rings. The molecule has 1 saturated heterocycles. The van der Waals surface area contributed by atoms with E-state index in [4.69, 9.17) is 9.40 Å². The minimum Gasteiger partial charge on any atom is -0.437 e. The van der Waals surface area contributed by atoms with Crippen LogP contribution in [0.1, 0.15) is 61.3 Å². The van der Waals surface area contributed by atoms with Crippen molar-refractivity contribution in [2.75, 3.05) is 72.0 Å². The Kier molecular flexibility index (Phi) is 18.9. The van der Waals surface area contributed by atoms with E-state index in [0.29, 0.717) is 75.3 Å². The maximum atomic E-state index is 13.7. The molecule has 3 atom stereocenters. The molecule has 0 saturated carbocycles. The molecule has 1 aliphatic rings. The monoisotopic (exact) mass is 1020 g/mol. The van der Waals surface area contributed by atoms with Gasteiger partial charge in [-0.1, -0.05) is 103 Å². The number of nitrogens with zero attached hydrogens (tertiary/aromatic N) is 5. The molecule has 7 rings (SSSR count). The van der Waals surface area contributed by atoms with Crippen molar-refractivity contribution in [1.29, 1.82) is 0 Å². The van der Waals surface area contributed by atoms with Gasteiger partial charge in [0.2, 0.25) is 28.9 Å². The SMILES string of the molecule is C[C@@H](NC(=O)CN1CCN(CC(=O)N[C@H](C)c2ccccc2)CCN(Cc2ccc3c(=O)c4ccccc4oc3n2)CCN(CC(=O)N[C@H](C)c2ccccc2)CC1)c1ccccc1.[Eu]. The van der Waals surface area contributed by atoms with Crippen molar-refractivity contribution >= 4 is 39.8 Å². The van der Waals surface area contributed by atoms with E-state index in [0.717, 1.165) is 22.4 Å². The van der Waals surface area contributed by atoms with Crippen molar-refractivity contribution in [2.45, 2.75) is 45.4 Å². The molecule has 6 aromatic rings. The minimum absolute atomic E-state index is 0. The minimum atomic E-state index is -0.168. The summed E-state index contributed by atoms with van der Waals surface area (Å²) in [5.74, 6) is -0.268. The van der Waals surface area contributed by atoms with Crippen LogP contribution in [-0.2, 0) is 20.9 Å². The Morgan fingerprint density at radius 1 is 0.508 bits per heavy atom. The van der Waals surface area contributed by atoms with Crippen LogP contribution in [0.5, 0.6) is 0 Å². The number of rotatable bonds is 14. The van der Waals surface area contributed by atoms with Crippen LogP contribution in [0.4, 0.5) is 0 Å². The summed E-state index contributed by atoms with van der Waals surface area (Å²) >= 11 is 0. The normalized spacial score (nSPS) is 16.3. The molecule has 0 spiro atoms. The quantitative estimate of drug-likeness (QED) is 0.117. The Labute approximate surface area is 422 Å². The zero-order valence-corrected chi connectivity index (χ0v) is 39.9. The first-order valence-corrected chi connectivity index (χ1v) is 22.3. The van der Waals surface area contributed by atoms with E-state index >= 15 is 0 Å². The van der Waals surface area contributed by atoms with Gasteiger partial charge in [0.15, 0.2) is 0 Å². The van der Waals surface area contributed by atoms with Crippen molar-refractivity contribution < 1.29 is 68.2 Å². The Morgan fingerprint density at radius 2 is 0.877 bits per heavy atom. The number of pyridine rings is 1. The summed E-state index contributed by atoms with van der Waals surface area (Å²) in [5, 5.41) is 10.5. The molecular weight excluding hydrogens is 957 g/mol. The van der Waals surface area contributed by atoms with Crippen LogP contribution in [0, 0.1) is 49.4 Å². The third kappa shape index (κ3) is 14.7. The zero-order chi connectivity index (χ0) is 44.8. The summed E-state index contributed by atoms with van der Waals surface area (Å²) < 4.78 is 6.13. The zero-order valence-electron chi connectivity index (χ0n) is 37.5. The smallest absolute Gasteiger partial charge is 0.234 e. The summed E-state index contributed by atoms with van der Waals surface area (Å²) in [6.07, 6.45) is 0. The Bertz CT molecular complexity index is 2450. The third-order valence-electron chi connectivity index (χ3n) is 11.9. The average Bonchev–Trinajstić information content (AvgIpc) is 3.30. The molecule has 3 heterocycles. The molecule has 1 aliphatic heterocycles. The van der Waals surface area contributed by atoms with Crippen LogP contribution in [-0.4, -0.2) is 114 Å². The predicted molar refractivity (Wildman–Crippen MR) is 251 cm³/mol. The maximum absolute atomic E-state index is 13.7. The van der Waals surface area contributed by atoms with Crippen molar-refractivity contribution in [1.82, 2.24) is 40.5 Å². The van der Waals surface area contributed by atoms with Crippen molar-refractivity contribution in [2.24, 2.45) is 0 Å². The Hall–Kier alpha value is -4.67. The van der Waals surface area contributed by atoms with E-state index < -0.39 is 0 Å². The number of nitrogens with one attached hydrogen (secondary N) is 3. The summed E-state index contributed by atoms with van der Waals surface area (Å²) in [5.41, 5.74) is 4.46. The number of benzene rings is 4. The summed E-state index contributed by atoms with van der Waals surface area (Å²) in [4.78, 5) is 67.9. The molecule has 1 radical (unpaired) electrons. The van der Waals surface area contributed by atoms with Crippen LogP contribution in [0.2, 0.25) is 0 Å². The largest absolute Gasteiger partial charge is 0.437 e. The number of hydrogen-bond donors (Lipinski definition) is 3. The third-order valence-corrected chi connectivity index (χ3v) is 11.9. The van der Waals surface area contributed by atoms with Crippen molar-refractivity contribution in [3.63, 3.8) is 0 Å². The van der Waals surface area contributed by atoms with Gasteiger partial charge in [0.05, 0.1) is 54.2 Å². The fourth-order valence-electron chi connectivity index (χ4n) is 8.20. The van der Waals surface area contributed by atoms with Gasteiger partial charge in [-0.2, -0.15) is 0 Å². The number of para-hydroxylation sites is 1. The van der Waals surface area contributed by atoms with Crippen LogP contribution in [0.15, 0.2) is 137 Å². The van der Waals surface area contributed by atoms with Crippen LogP contribution < -0.4 is 21.4 Å². The number of carbonyl (C=O) groups excluding carboxylic acids is 3. The fraction of sp³-hybridized carbons (Fsp3) is 0.353. The number of carbonyl (C=O) groups is 3. The average molecular weight is 1020 g/mol. The van der Waals surface area contributed by atoms with E-state index in [9.17, 15) is 19.2 Å². The molecule has 0 bridgehead atoms. The van der Waals surface area contributed by atoms with Gasteiger partial charge in [0.1, 0.15) is 5.58 Å². The predicted octanol–water partition coefficient (Wildman–Crippen LogP) is 5.70. The first kappa shape index (κ1) is 49.8. The van der Waals surface area contributed by atoms with Gasteiger partial charge in [-0.25, -0.2) is 4.98 Å². The molecule has 341 valence electrons. The number of fused-ring (bicyclic) bond motifs is 2. The standard InChI is InChI=1S/C51H60N8O5.Eu/c1-37(40-15-7-4-8-16-40)52-47(60)34-57-27-25-56(33-43-23-24-45-50(63)44-21-13-14-22-46(44)64-51(45)55-43)26-28-58(35-48(61)53-38(2)41-17-9-5-10-18-41)30-32-59(31-29-57)36-49(62)54-39(3)42-19-11-6-12-20-42;/h4-24,37-39H,25-36H2,1-3H3,(H,52,60)(H,53,61)(H,54,62);/t37-,38-,39-;/m1./s1. The second kappa shape index (κ2) is 24.7. The summed E-state index contributed by atoms with van der Waals surface area (Å²) in [6, 6.07) is 40.0. The van der Waals surface area contributed by atoms with E-state index in [1.54, 1.807) is 18.2 Å². The second-order valence-corrected chi connectivity index (χ2v) is 16.8. The molecular formula is C51H60EuN8O5. The molecule has 2 aromatic heterocycles. The van der Waals surface area contributed by atoms with Gasteiger partial charge in [-0.15, -0.1) is 0 Å². The Morgan fingerprint density at radius 3 is 1.29 bits per heavy atom. The maximum Gasteiger partial charge on any atom is 0.234 e. The summed E-state index contributed by atoms with van der Waals surface area (Å²) in [7, 11) is 0. The van der Waals surface area contributed by atoms with Gasteiger partial charge in [-0.05, 0) is 61.7 Å². The van der Waals surface area contributed by atoms with Crippen LogP contribution in [0.3, 0.4) is 0 Å². The Balaban J connectivity index is 0.00000700. The first-order valence-electron chi connectivity index (χ1n) is 22.3. The van der Waals surface area contributed by atoms with E-state index in [1.807, 2.05) is 130 Å². The molecule has 0 unspecified atom stereocenters. The fourth-order valence-corrected chi connectivity index (χ4v) is 8.20. The first-order chi connectivity index (χ1) is 31.1. The van der Waals surface area contributed by atoms with Gasteiger partial charge in [0.25, 0.3) is 0 Å². The number of hydrogen-bond acceptors (Lipinski definition) is 10. The van der Waals surface area contributed by atoms with Crippen molar-refractivity contribution in [3.05, 3.63) is 160 Å².